The van der Waals surface area contributed by atoms with Crippen LogP contribution in [0.4, 0.5) is 0 Å². The highest BCUT2D eigenvalue weighted by molar-refractivity contribution is 7.09. The molecule has 0 aliphatic heterocycles. The molecule has 112 valence electrons. The number of aliphatic hydroxyl groups excluding tert-OH is 1. The van der Waals surface area contributed by atoms with Gasteiger partial charge in [-0.15, -0.1) is 11.3 Å². The summed E-state index contributed by atoms with van der Waals surface area (Å²) < 4.78 is 0. The number of carbonyl (C=O) groups excluding carboxylic acids is 1. The summed E-state index contributed by atoms with van der Waals surface area (Å²) in [4.78, 5) is 16.5. The zero-order valence-corrected chi connectivity index (χ0v) is 13.1. The molecule has 1 heterocycles. The lowest BCUT2D eigenvalue weighted by Gasteiger charge is -2.16. The lowest BCUT2D eigenvalue weighted by molar-refractivity contribution is -0.123. The fourth-order valence-electron chi connectivity index (χ4n) is 2.09. The number of aliphatic hydroxyl groups is 1. The van der Waals surface area contributed by atoms with Gasteiger partial charge in [0.1, 0.15) is 5.01 Å². The second-order valence-corrected chi connectivity index (χ2v) is 5.88. The topological polar surface area (TPSA) is 62.2 Å². The molecule has 0 spiro atoms. The van der Waals surface area contributed by atoms with Crippen molar-refractivity contribution >= 4 is 17.2 Å². The van der Waals surface area contributed by atoms with Gasteiger partial charge < -0.3 is 10.4 Å². The van der Waals surface area contributed by atoms with Crippen molar-refractivity contribution in [2.24, 2.45) is 0 Å². The van der Waals surface area contributed by atoms with Gasteiger partial charge in [0.15, 0.2) is 0 Å². The van der Waals surface area contributed by atoms with Crippen LogP contribution in [0.25, 0.3) is 0 Å². The highest BCUT2D eigenvalue weighted by atomic mass is 32.1. The Kier molecular flexibility index (Phi) is 5.47. The third-order valence-electron chi connectivity index (χ3n) is 3.24. The number of nitrogens with one attached hydrogen (secondary N) is 1. The number of hydrogen-bond acceptors (Lipinski definition) is 4. The molecule has 1 amide bonds. The smallest absolute Gasteiger partial charge is 0.223 e. The number of amides is 1. The molecule has 0 saturated carbocycles. The van der Waals surface area contributed by atoms with E-state index < -0.39 is 6.10 Å². The van der Waals surface area contributed by atoms with Crippen molar-refractivity contribution < 1.29 is 9.90 Å². The predicted octanol–water partition coefficient (Wildman–Crippen LogP) is 3.14. The summed E-state index contributed by atoms with van der Waals surface area (Å²) >= 11 is 1.55. The largest absolute Gasteiger partial charge is 0.388 e. The lowest BCUT2D eigenvalue weighted by atomic mass is 10.1. The van der Waals surface area contributed by atoms with E-state index in [4.69, 9.17) is 0 Å². The van der Waals surface area contributed by atoms with Crippen molar-refractivity contribution in [2.45, 2.75) is 38.8 Å². The maximum Gasteiger partial charge on any atom is 0.223 e. The van der Waals surface area contributed by atoms with Gasteiger partial charge in [-0.2, -0.15) is 0 Å². The van der Waals surface area contributed by atoms with Crippen LogP contribution >= 0.6 is 11.3 Å². The fourth-order valence-corrected chi connectivity index (χ4v) is 3.02. The Morgan fingerprint density at radius 1 is 1.38 bits per heavy atom. The number of aromatic nitrogens is 1. The molecule has 5 heteroatoms. The van der Waals surface area contributed by atoms with Gasteiger partial charge in [-0.3, -0.25) is 4.79 Å². The molecule has 2 rings (SSSR count). The molecular weight excluding hydrogens is 284 g/mol. The summed E-state index contributed by atoms with van der Waals surface area (Å²) in [5.74, 6) is -0.161. The van der Waals surface area contributed by atoms with E-state index in [1.54, 1.807) is 11.3 Å². The minimum Gasteiger partial charge on any atom is -0.388 e. The summed E-state index contributed by atoms with van der Waals surface area (Å²) in [6.45, 7) is 3.95. The molecule has 0 radical (unpaired) electrons. The number of carbonyl (C=O) groups is 1. The molecule has 1 aromatic carbocycles. The van der Waals surface area contributed by atoms with E-state index in [1.165, 1.54) is 0 Å². The van der Waals surface area contributed by atoms with Gasteiger partial charge in [-0.25, -0.2) is 4.98 Å². The number of thiazole rings is 1. The highest BCUT2D eigenvalue weighted by Crippen LogP contribution is 2.22. The van der Waals surface area contributed by atoms with Gasteiger partial charge in [0, 0.05) is 11.1 Å². The van der Waals surface area contributed by atoms with E-state index in [0.29, 0.717) is 0 Å². The zero-order chi connectivity index (χ0) is 15.2. The van der Waals surface area contributed by atoms with Crippen LogP contribution in [0.15, 0.2) is 35.7 Å². The van der Waals surface area contributed by atoms with Crippen molar-refractivity contribution in [2.75, 3.05) is 0 Å². The molecule has 2 N–H and O–H groups in total. The standard InChI is InChI=1S/C16H20N2O2S/c1-3-13(16-17-11(2)10-21-16)18-15(20)9-14(19)12-7-5-4-6-8-12/h4-8,10,13-14,19H,3,9H2,1-2H3,(H,18,20). The van der Waals surface area contributed by atoms with Crippen LogP contribution in [0.5, 0.6) is 0 Å². The van der Waals surface area contributed by atoms with Gasteiger partial charge in [-0.1, -0.05) is 37.3 Å². The Labute approximate surface area is 128 Å². The molecule has 0 saturated heterocycles. The zero-order valence-electron chi connectivity index (χ0n) is 12.2. The Balaban J connectivity index is 1.94. The number of benzene rings is 1. The third-order valence-corrected chi connectivity index (χ3v) is 4.32. The normalized spacial score (nSPS) is 13.7. The van der Waals surface area contributed by atoms with Crippen LogP contribution in [0.3, 0.4) is 0 Å². The van der Waals surface area contributed by atoms with Crippen molar-refractivity contribution in [3.63, 3.8) is 0 Å². The first-order valence-corrected chi connectivity index (χ1v) is 7.92. The van der Waals surface area contributed by atoms with Crippen LogP contribution in [0.1, 0.15) is 48.2 Å². The summed E-state index contributed by atoms with van der Waals surface area (Å²) in [6.07, 6.45) is 0.0621. The Morgan fingerprint density at radius 3 is 2.67 bits per heavy atom. The minimum atomic E-state index is -0.776. The molecule has 1 aromatic heterocycles. The van der Waals surface area contributed by atoms with Crippen LogP contribution in [0, 0.1) is 6.92 Å². The van der Waals surface area contributed by atoms with Crippen molar-refractivity contribution in [3.05, 3.63) is 52.0 Å². The molecule has 21 heavy (non-hydrogen) atoms. The molecule has 2 atom stereocenters. The van der Waals surface area contributed by atoms with Crippen LogP contribution in [0.2, 0.25) is 0 Å². The summed E-state index contributed by atoms with van der Waals surface area (Å²) in [5.41, 5.74) is 1.72. The second kappa shape index (κ2) is 7.33. The van der Waals surface area contributed by atoms with Crippen LogP contribution < -0.4 is 5.32 Å². The number of aryl methyl sites for hydroxylation is 1. The average Bonchev–Trinajstić information content (AvgIpc) is 2.92. The monoisotopic (exact) mass is 304 g/mol. The molecule has 2 unspecified atom stereocenters. The fraction of sp³-hybridized carbons (Fsp3) is 0.375. The first-order chi connectivity index (χ1) is 10.1. The van der Waals surface area contributed by atoms with Crippen molar-refractivity contribution in [1.82, 2.24) is 10.3 Å². The Bertz CT molecular complexity index is 583. The lowest BCUT2D eigenvalue weighted by Crippen LogP contribution is -2.29. The van der Waals surface area contributed by atoms with E-state index in [2.05, 4.69) is 10.3 Å². The average molecular weight is 304 g/mol. The van der Waals surface area contributed by atoms with E-state index in [-0.39, 0.29) is 18.4 Å². The van der Waals surface area contributed by atoms with Crippen molar-refractivity contribution in [1.29, 1.82) is 0 Å². The second-order valence-electron chi connectivity index (χ2n) is 4.99. The molecule has 4 nitrogen and oxygen atoms in total. The summed E-state index contributed by atoms with van der Waals surface area (Å²) in [6, 6.07) is 9.14. The first-order valence-electron chi connectivity index (χ1n) is 7.04. The highest BCUT2D eigenvalue weighted by Gasteiger charge is 2.18. The number of nitrogens with zero attached hydrogens (tertiary/aromatic N) is 1. The molecular formula is C16H20N2O2S. The number of rotatable bonds is 6. The summed E-state index contributed by atoms with van der Waals surface area (Å²) in [5, 5.41) is 15.9. The van der Waals surface area contributed by atoms with Gasteiger partial charge in [0.2, 0.25) is 5.91 Å². The first kappa shape index (κ1) is 15.7. The Hall–Kier alpha value is -1.72. The molecule has 0 aliphatic rings. The molecule has 0 fully saturated rings. The Morgan fingerprint density at radius 2 is 2.10 bits per heavy atom. The van der Waals surface area contributed by atoms with Gasteiger partial charge in [0.05, 0.1) is 18.6 Å². The molecule has 0 bridgehead atoms. The number of hydrogen-bond donors (Lipinski definition) is 2. The van der Waals surface area contributed by atoms with Gasteiger partial charge >= 0.3 is 0 Å². The quantitative estimate of drug-likeness (QED) is 0.862. The minimum absolute atomic E-state index is 0.0604. The maximum absolute atomic E-state index is 12.1. The molecule has 2 aromatic rings. The van der Waals surface area contributed by atoms with Crippen molar-refractivity contribution in [3.8, 4) is 0 Å². The van der Waals surface area contributed by atoms with Gasteiger partial charge in [0.25, 0.3) is 0 Å². The van der Waals surface area contributed by atoms with Crippen LogP contribution in [-0.4, -0.2) is 16.0 Å². The van der Waals surface area contributed by atoms with E-state index in [9.17, 15) is 9.90 Å². The van der Waals surface area contributed by atoms with Crippen LogP contribution in [-0.2, 0) is 4.79 Å². The SMILES string of the molecule is CCC(NC(=O)CC(O)c1ccccc1)c1nc(C)cs1. The summed E-state index contributed by atoms with van der Waals surface area (Å²) in [7, 11) is 0. The third kappa shape index (κ3) is 4.37. The van der Waals surface area contributed by atoms with E-state index in [1.807, 2.05) is 49.6 Å². The maximum atomic E-state index is 12.1. The van der Waals surface area contributed by atoms with Gasteiger partial charge in [-0.05, 0) is 18.9 Å². The van der Waals surface area contributed by atoms with E-state index in [0.717, 1.165) is 22.7 Å². The predicted molar refractivity (Wildman–Crippen MR) is 84.0 cm³/mol. The van der Waals surface area contributed by atoms with E-state index >= 15 is 0 Å². The molecule has 0 aliphatic carbocycles.